The summed E-state index contributed by atoms with van der Waals surface area (Å²) >= 11 is 0. The summed E-state index contributed by atoms with van der Waals surface area (Å²) < 4.78 is 106. The van der Waals surface area contributed by atoms with E-state index in [4.69, 9.17) is 0 Å². The van der Waals surface area contributed by atoms with Crippen LogP contribution in [0.15, 0.2) is 12.2 Å². The summed E-state index contributed by atoms with van der Waals surface area (Å²) in [6.07, 6.45) is -7.76. The number of ether oxygens (including phenoxy) is 2. The number of halogens is 5. The normalized spacial score (nSPS) is 15.2. The quantitative estimate of drug-likeness (QED) is 0.195. The van der Waals surface area contributed by atoms with Crippen molar-refractivity contribution in [3.63, 3.8) is 0 Å². The van der Waals surface area contributed by atoms with E-state index in [2.05, 4.69) is 16.1 Å². The Hall–Kier alpha value is -1.80. The molecule has 1 atom stereocenters. The fraction of sp³-hybridized carbons (Fsp3) is 0.692. The van der Waals surface area contributed by atoms with Gasteiger partial charge >= 0.3 is 29.1 Å². The van der Waals surface area contributed by atoms with Crippen molar-refractivity contribution in [2.45, 2.75) is 50.5 Å². The molecule has 0 aliphatic heterocycles. The van der Waals surface area contributed by atoms with E-state index in [0.29, 0.717) is 0 Å². The Balaban J connectivity index is 5.90. The second-order valence-corrected chi connectivity index (χ2v) is 7.11. The van der Waals surface area contributed by atoms with Gasteiger partial charge in [-0.3, -0.25) is 4.79 Å². The van der Waals surface area contributed by atoms with Gasteiger partial charge in [0.1, 0.15) is 0 Å². The molecule has 158 valence electrons. The predicted molar refractivity (Wildman–Crippen MR) is 78.2 cm³/mol. The number of carbonyl (C=O) groups excluding carboxylic acids is 2. The Morgan fingerprint density at radius 1 is 1.19 bits per heavy atom. The van der Waals surface area contributed by atoms with Crippen LogP contribution in [0.3, 0.4) is 0 Å². The Morgan fingerprint density at radius 3 is 2.00 bits per heavy atom. The van der Waals surface area contributed by atoms with Crippen LogP contribution >= 0.6 is 0 Å². The van der Waals surface area contributed by atoms with Crippen LogP contribution < -0.4 is 5.32 Å². The third kappa shape index (κ3) is 6.39. The van der Waals surface area contributed by atoms with Gasteiger partial charge in [-0.05, 0) is 20.8 Å². The zero-order valence-corrected chi connectivity index (χ0v) is 15.2. The molecule has 0 aliphatic carbocycles. The first-order valence-electron chi connectivity index (χ1n) is 7.11. The Kier molecular flexibility index (Phi) is 7.91. The molecule has 0 spiro atoms. The average Bonchev–Trinajstić information content (AvgIpc) is 2.42. The number of esters is 1. The summed E-state index contributed by atoms with van der Waals surface area (Å²) in [5.41, 5.74) is -0.572. The van der Waals surface area contributed by atoms with Crippen molar-refractivity contribution in [2.75, 3.05) is 6.61 Å². The number of rotatable bonds is 9. The second kappa shape index (κ2) is 8.48. The molecule has 1 amide bonds. The lowest BCUT2D eigenvalue weighted by molar-refractivity contribution is -0.348. The van der Waals surface area contributed by atoms with Gasteiger partial charge in [0.15, 0.2) is 10.1 Å². The van der Waals surface area contributed by atoms with Crippen molar-refractivity contribution < 1.29 is 54.0 Å². The SMILES string of the molecule is C=C(C)C(=O)OC(OCCC(F)(F)S(=O)(=O)[O-])(C(=O)NC(C)C)C(F)(F)F. The molecule has 0 rings (SSSR count). The molecule has 1 N–H and O–H groups in total. The van der Waals surface area contributed by atoms with Gasteiger partial charge in [0, 0.05) is 18.0 Å². The first-order valence-corrected chi connectivity index (χ1v) is 8.52. The maximum atomic E-state index is 13.5. The molecule has 27 heavy (non-hydrogen) atoms. The standard InChI is InChI=1S/C13H18F5NO7S/c1-7(2)9(20)26-12(13(16,17)18,10(21)19-8(3)4)25-6-5-11(14,15)27(22,23)24/h8H,1,5-6H2,2-4H3,(H,19,21)(H,22,23,24)/p-1. The lowest BCUT2D eigenvalue weighted by atomic mass is 10.2. The maximum Gasteiger partial charge on any atom is 0.466 e. The van der Waals surface area contributed by atoms with Gasteiger partial charge in [0.25, 0.3) is 0 Å². The molecule has 0 radical (unpaired) electrons. The van der Waals surface area contributed by atoms with E-state index < -0.39 is 63.9 Å². The molecular formula is C13H17F5NO7S-. The van der Waals surface area contributed by atoms with Gasteiger partial charge in [-0.2, -0.15) is 22.0 Å². The Bertz CT molecular complexity index is 690. The summed E-state index contributed by atoms with van der Waals surface area (Å²) in [6.45, 7) is 4.70. The number of amides is 1. The number of hydrogen-bond donors (Lipinski definition) is 1. The molecule has 14 heteroatoms. The van der Waals surface area contributed by atoms with E-state index in [1.165, 1.54) is 13.8 Å². The molecule has 0 aliphatic rings. The molecule has 0 bridgehead atoms. The van der Waals surface area contributed by atoms with Crippen LogP contribution in [0.4, 0.5) is 22.0 Å². The monoisotopic (exact) mass is 426 g/mol. The van der Waals surface area contributed by atoms with Crippen molar-refractivity contribution in [2.24, 2.45) is 0 Å². The predicted octanol–water partition coefficient (Wildman–Crippen LogP) is 1.43. The van der Waals surface area contributed by atoms with E-state index in [9.17, 15) is 44.5 Å². The van der Waals surface area contributed by atoms with Gasteiger partial charge < -0.3 is 19.3 Å². The van der Waals surface area contributed by atoms with E-state index in [-0.39, 0.29) is 0 Å². The van der Waals surface area contributed by atoms with E-state index >= 15 is 0 Å². The molecule has 8 nitrogen and oxygen atoms in total. The Labute approximate surface area is 151 Å². The second-order valence-electron chi connectivity index (χ2n) is 5.60. The maximum absolute atomic E-state index is 13.5. The summed E-state index contributed by atoms with van der Waals surface area (Å²) in [6, 6.07) is -0.908. The highest BCUT2D eigenvalue weighted by Gasteiger charge is 2.66. The van der Waals surface area contributed by atoms with Crippen molar-refractivity contribution >= 4 is 22.0 Å². The van der Waals surface area contributed by atoms with Crippen LogP contribution in [0.5, 0.6) is 0 Å². The van der Waals surface area contributed by atoms with Crippen molar-refractivity contribution in [3.05, 3.63) is 12.2 Å². The van der Waals surface area contributed by atoms with Gasteiger partial charge in [-0.15, -0.1) is 0 Å². The average molecular weight is 426 g/mol. The molecule has 0 saturated carbocycles. The number of alkyl halides is 5. The lowest BCUT2D eigenvalue weighted by Crippen LogP contribution is -2.62. The smallest absolute Gasteiger partial charge is 0.466 e. The highest BCUT2D eigenvalue weighted by atomic mass is 32.2. The largest absolute Gasteiger partial charge is 0.743 e. The number of hydrogen-bond acceptors (Lipinski definition) is 7. The molecule has 0 aromatic rings. The third-order valence-electron chi connectivity index (χ3n) is 2.74. The minimum atomic E-state index is -6.20. The van der Waals surface area contributed by atoms with Crippen LogP contribution in [0.25, 0.3) is 0 Å². The summed E-state index contributed by atoms with van der Waals surface area (Å²) in [5, 5.41) is -3.22. The minimum Gasteiger partial charge on any atom is -0.743 e. The van der Waals surface area contributed by atoms with Crippen LogP contribution in [0.1, 0.15) is 27.2 Å². The number of nitrogens with one attached hydrogen (secondary N) is 1. The number of carbonyl (C=O) groups is 2. The lowest BCUT2D eigenvalue weighted by Gasteiger charge is -2.34. The highest BCUT2D eigenvalue weighted by Crippen LogP contribution is 2.37. The van der Waals surface area contributed by atoms with Crippen LogP contribution in [0, 0.1) is 0 Å². The highest BCUT2D eigenvalue weighted by molar-refractivity contribution is 7.86. The minimum absolute atomic E-state index is 0.572. The van der Waals surface area contributed by atoms with Gasteiger partial charge in [-0.1, -0.05) is 6.58 Å². The van der Waals surface area contributed by atoms with E-state index in [0.717, 1.165) is 6.92 Å². The molecule has 1 unspecified atom stereocenters. The third-order valence-corrected chi connectivity index (χ3v) is 3.68. The summed E-state index contributed by atoms with van der Waals surface area (Å²) in [5.74, 6) is -8.14. The fourth-order valence-electron chi connectivity index (χ4n) is 1.42. The molecule has 0 aromatic heterocycles. The summed E-state index contributed by atoms with van der Waals surface area (Å²) in [7, 11) is -6.20. The van der Waals surface area contributed by atoms with Gasteiger partial charge in [0.2, 0.25) is 0 Å². The van der Waals surface area contributed by atoms with E-state index in [1.54, 1.807) is 5.32 Å². The van der Waals surface area contributed by atoms with Crippen molar-refractivity contribution in [1.82, 2.24) is 5.32 Å². The molecule has 0 aromatic carbocycles. The Morgan fingerprint density at radius 2 is 1.67 bits per heavy atom. The van der Waals surface area contributed by atoms with Crippen molar-refractivity contribution in [3.8, 4) is 0 Å². The topological polar surface area (TPSA) is 122 Å². The van der Waals surface area contributed by atoms with E-state index in [1.807, 2.05) is 0 Å². The fourth-order valence-corrected chi connectivity index (χ4v) is 1.76. The van der Waals surface area contributed by atoms with Crippen LogP contribution in [-0.4, -0.2) is 54.7 Å². The zero-order valence-electron chi connectivity index (χ0n) is 14.4. The molecular weight excluding hydrogens is 409 g/mol. The van der Waals surface area contributed by atoms with Crippen LogP contribution in [-0.2, 0) is 29.2 Å². The van der Waals surface area contributed by atoms with Gasteiger partial charge in [0.05, 0.1) is 6.61 Å². The molecule has 0 saturated heterocycles. The first-order chi connectivity index (χ1) is 11.9. The first kappa shape index (κ1) is 25.2. The van der Waals surface area contributed by atoms with Crippen LogP contribution in [0.2, 0.25) is 0 Å². The molecule has 0 fully saturated rings. The van der Waals surface area contributed by atoms with Gasteiger partial charge in [-0.25, -0.2) is 13.2 Å². The zero-order chi connectivity index (χ0) is 21.8. The molecule has 0 heterocycles. The summed E-state index contributed by atoms with van der Waals surface area (Å²) in [4.78, 5) is 23.5. The van der Waals surface area contributed by atoms with Crippen molar-refractivity contribution in [1.29, 1.82) is 0 Å².